The molecule has 5 aliphatic carbocycles. The number of aryl methyl sites for hydroxylation is 8. The number of hydrogen-bond acceptors (Lipinski definition) is 19. The third-order valence-electron chi connectivity index (χ3n) is 29.9. The fraction of sp³-hybridized carbons (Fsp3) is 0.520. The second-order valence-corrected chi connectivity index (χ2v) is 49.9. The summed E-state index contributed by atoms with van der Waals surface area (Å²) in [6.07, 6.45) is 25.0. The summed E-state index contributed by atoms with van der Waals surface area (Å²) in [6, 6.07) is 33.5. The molecule has 15 unspecified atom stereocenters. The van der Waals surface area contributed by atoms with Crippen molar-refractivity contribution in [2.45, 2.75) is 157 Å². The number of fused-ring (bicyclic) bond motifs is 5. The van der Waals surface area contributed by atoms with Gasteiger partial charge < -0.3 is 18.3 Å². The van der Waals surface area contributed by atoms with Gasteiger partial charge in [0.05, 0.1) is 46.1 Å². The zero-order valence-corrected chi connectivity index (χ0v) is 83.7. The van der Waals surface area contributed by atoms with Crippen molar-refractivity contribution in [2.24, 2.45) is 117 Å². The van der Waals surface area contributed by atoms with Crippen LogP contribution in [0.4, 0.5) is 0 Å². The van der Waals surface area contributed by atoms with Crippen molar-refractivity contribution in [3.63, 3.8) is 0 Å². The number of carbonyl (C=O) groups excluding carboxylic acids is 5. The first-order valence-electron chi connectivity index (χ1n) is 46.6. The molecule has 0 bridgehead atoms. The van der Waals surface area contributed by atoms with Gasteiger partial charge in [-0.25, -0.2) is 66.3 Å². The molecule has 15 atom stereocenters. The van der Waals surface area contributed by atoms with Crippen LogP contribution >= 0.6 is 34.8 Å². The maximum atomic E-state index is 12.9. The van der Waals surface area contributed by atoms with E-state index in [2.05, 4.69) is 19.9 Å². The molecule has 9 aromatic rings. The molecule has 9 heterocycles. The molecule has 5 aliphatic heterocycles. The van der Waals surface area contributed by atoms with Crippen molar-refractivity contribution in [2.75, 3.05) is 71.2 Å². The number of carbonyl (C=O) groups is 5. The number of rotatable bonds is 26. The Morgan fingerprint density at radius 2 is 0.597 bits per heavy atom. The van der Waals surface area contributed by atoms with Gasteiger partial charge in [0.25, 0.3) is 40.1 Å². The molecule has 0 N–H and O–H groups in total. The first kappa shape index (κ1) is 100. The van der Waals surface area contributed by atoms with Gasteiger partial charge in [-0.3, -0.25) is 24.0 Å². The average Bonchev–Trinajstić information content (AvgIpc) is 1.62. The molecule has 5 aromatic carbocycles. The van der Waals surface area contributed by atoms with Crippen LogP contribution in [0.5, 0.6) is 0 Å². The predicted octanol–water partition coefficient (Wildman–Crippen LogP) is 15.5. The van der Waals surface area contributed by atoms with Gasteiger partial charge in [-0.05, 0) is 240 Å². The van der Waals surface area contributed by atoms with Crippen LogP contribution < -0.4 is 0 Å². The molecule has 36 heteroatoms. The number of benzene rings is 5. The van der Waals surface area contributed by atoms with Gasteiger partial charge in [0.2, 0.25) is 10.0 Å². The molecule has 134 heavy (non-hydrogen) atoms. The zero-order valence-electron chi connectivity index (χ0n) is 77.4. The number of ketones is 5. The Kier molecular flexibility index (Phi) is 31.2. The highest BCUT2D eigenvalue weighted by molar-refractivity contribution is 7.90. The third kappa shape index (κ3) is 22.3. The summed E-state index contributed by atoms with van der Waals surface area (Å²) >= 11 is 18.6. The van der Waals surface area contributed by atoms with E-state index in [-0.39, 0.29) is 108 Å². The SMILES string of the molecule is CCCS(=O)(=O)N1CC2CCC(CC(=O)c3ccc(C)cc3Cl)C2C1.Cc1ccc(C(=O)CC2CCC3CN(S(=O)(=O)c4cn(C)cn4)CC23)c(Cl)c1.Cc1ccc(C(=O)CC2CCC3CN(S(=O)(=O)c4cn(C)cn4)CC23)cc1.Cc1ccccc1C(=O)CC1CCC2CN(S(=O)(=O)c3cn(C)cn3)CC12.Cn1cnc(S(=O)(=O)N2CC3CCC(CC(=O)c4ccccc4Cl)C3C2)c1. The van der Waals surface area contributed by atoms with Crippen molar-refractivity contribution in [1.82, 2.24) is 59.7 Å². The van der Waals surface area contributed by atoms with E-state index in [9.17, 15) is 66.1 Å². The molecular formula is C98H122Cl3N13O15S5. The Balaban J connectivity index is 0.000000128. The largest absolute Gasteiger partial charge is 0.339 e. The lowest BCUT2D eigenvalue weighted by Gasteiger charge is -2.20. The van der Waals surface area contributed by atoms with Crippen LogP contribution in [0.15, 0.2) is 179 Å². The minimum atomic E-state index is -3.58. The highest BCUT2D eigenvalue weighted by atomic mass is 35.5. The number of Topliss-reactive ketones (excluding diaryl/α,β-unsaturated/α-hetero) is 5. The van der Waals surface area contributed by atoms with E-state index < -0.39 is 50.1 Å². The number of hydrogen-bond donors (Lipinski definition) is 0. The quantitative estimate of drug-likeness (QED) is 0.0454. The van der Waals surface area contributed by atoms with Crippen molar-refractivity contribution in [1.29, 1.82) is 0 Å². The molecule has 5 saturated heterocycles. The lowest BCUT2D eigenvalue weighted by Crippen LogP contribution is -2.32. The maximum Gasteiger partial charge on any atom is 0.262 e. The highest BCUT2D eigenvalue weighted by Gasteiger charge is 2.53. The summed E-state index contributed by atoms with van der Waals surface area (Å²) in [4.78, 5) is 79.7. The average molecular weight is 1990 g/mol. The van der Waals surface area contributed by atoms with Crippen LogP contribution in [0, 0.1) is 116 Å². The van der Waals surface area contributed by atoms with Crippen molar-refractivity contribution in [3.05, 3.63) is 224 Å². The maximum absolute atomic E-state index is 12.9. The molecule has 10 aliphatic rings. The van der Waals surface area contributed by atoms with E-state index >= 15 is 0 Å². The Hall–Kier alpha value is -8.29. The Morgan fingerprint density at radius 3 is 0.896 bits per heavy atom. The summed E-state index contributed by atoms with van der Waals surface area (Å²) in [5.74, 6) is 4.84. The van der Waals surface area contributed by atoms with Crippen LogP contribution in [-0.2, 0) is 78.3 Å². The molecule has 4 aromatic heterocycles. The predicted molar refractivity (Wildman–Crippen MR) is 513 cm³/mol. The summed E-state index contributed by atoms with van der Waals surface area (Å²) < 4.78 is 142. The van der Waals surface area contributed by atoms with E-state index in [4.69, 9.17) is 34.8 Å². The van der Waals surface area contributed by atoms with Gasteiger partial charge in [0.1, 0.15) is 0 Å². The van der Waals surface area contributed by atoms with E-state index in [1.165, 1.54) is 42.0 Å². The molecule has 0 amide bonds. The van der Waals surface area contributed by atoms with Crippen LogP contribution in [0.25, 0.3) is 0 Å². The third-order valence-corrected chi connectivity index (χ3v) is 39.8. The van der Waals surface area contributed by atoms with Crippen LogP contribution in [0.3, 0.4) is 0 Å². The molecular weight excluding hydrogens is 1870 g/mol. The molecule has 10 fully saturated rings. The Labute approximate surface area is 803 Å². The van der Waals surface area contributed by atoms with Gasteiger partial charge in [-0.15, -0.1) is 0 Å². The number of nitrogens with zero attached hydrogens (tertiary/aromatic N) is 13. The zero-order chi connectivity index (χ0) is 95.8. The minimum Gasteiger partial charge on any atom is -0.339 e. The monoisotopic (exact) mass is 1990 g/mol. The fourth-order valence-electron chi connectivity index (χ4n) is 22.7. The van der Waals surface area contributed by atoms with E-state index in [0.29, 0.717) is 171 Å². The van der Waals surface area contributed by atoms with Crippen LogP contribution in [-0.4, -0.2) is 202 Å². The second-order valence-electron chi connectivity index (χ2n) is 39.0. The van der Waals surface area contributed by atoms with Crippen molar-refractivity contribution in [3.8, 4) is 0 Å². The number of aromatic nitrogens is 8. The molecule has 0 spiro atoms. The molecule has 28 nitrogen and oxygen atoms in total. The lowest BCUT2D eigenvalue weighted by molar-refractivity contribution is 0.0941. The van der Waals surface area contributed by atoms with E-state index in [1.54, 1.807) is 100 Å². The lowest BCUT2D eigenvalue weighted by atomic mass is 9.87. The van der Waals surface area contributed by atoms with Crippen LogP contribution in [0.1, 0.15) is 184 Å². The first-order valence-corrected chi connectivity index (χ1v) is 55.1. The Bertz CT molecular complexity index is 6290. The number of sulfonamides is 5. The fourth-order valence-corrected chi connectivity index (χ4v) is 31.2. The summed E-state index contributed by atoms with van der Waals surface area (Å²) in [5, 5.41) is 1.88. The molecule has 5 saturated carbocycles. The molecule has 19 rings (SSSR count). The summed E-state index contributed by atoms with van der Waals surface area (Å²) in [7, 11) is -10.4. The standard InChI is InChI=1S/C20H24ClN3O3S.2C20H25N3O3S.C19H22ClN3O3S.C19H26ClNO3S/c1-13-3-6-16(18(21)7-13)19(25)8-14-4-5-15-9-24(10-17(14)15)28(26,27)20-11-23(2)12-22-20;1-14-3-5-15(6-4-14)19(24)9-16-7-8-17-10-23(11-18(16)17)27(25,26)20-12-22(2)13-21-20;1-14-5-3-4-6-17(14)19(24)9-15-7-8-16-10-23(11-18(15)16)27(25,26)20-12-22(2)13-21-20;1-22-11-19(21-12-22)27(25,26)23-9-14-7-6-13(16(14)10-23)8-18(24)15-4-2-3-5-17(15)20;1-3-8-25(23,24)21-11-15-6-5-14(17(15)12-21)10-19(22)16-7-4-13(2)9-18(16)20/h3,6-7,11-12,14-15,17H,4-5,8-10H2,1-2H3;3-6,12-13,16-18H,7-11H2,1-2H3;3-6,12-13,15-16,18H,7-11H2,1-2H3;2-5,11-14,16H,6-10H2,1H3;4,7,9,14-15,17H,3,5-6,8,10-12H2,1-2H3. The van der Waals surface area contributed by atoms with Gasteiger partial charge in [0.15, 0.2) is 49.0 Å². The van der Waals surface area contributed by atoms with Crippen molar-refractivity contribution >= 4 is 114 Å². The topological polar surface area (TPSA) is 344 Å². The normalized spacial score (nSPS) is 25.7. The van der Waals surface area contributed by atoms with E-state index in [0.717, 1.165) is 97.6 Å². The smallest absolute Gasteiger partial charge is 0.262 e. The van der Waals surface area contributed by atoms with Gasteiger partial charge >= 0.3 is 0 Å². The second kappa shape index (κ2) is 41.8. The van der Waals surface area contributed by atoms with E-state index in [1.807, 2.05) is 120 Å². The molecule has 720 valence electrons. The summed E-state index contributed by atoms with van der Waals surface area (Å²) in [6.45, 7) is 15.0. The van der Waals surface area contributed by atoms with Gasteiger partial charge in [0, 0.05) is 178 Å². The minimum absolute atomic E-state index is 0.0392. The molecule has 0 radical (unpaired) electrons. The van der Waals surface area contributed by atoms with Gasteiger partial charge in [-0.2, -0.15) is 17.2 Å². The van der Waals surface area contributed by atoms with Crippen LogP contribution in [0.2, 0.25) is 15.1 Å². The highest BCUT2D eigenvalue weighted by Crippen LogP contribution is 2.51. The van der Waals surface area contributed by atoms with Crippen molar-refractivity contribution < 1.29 is 66.1 Å². The van der Waals surface area contributed by atoms with Gasteiger partial charge in [-0.1, -0.05) is 120 Å². The first-order chi connectivity index (χ1) is 63.6. The number of imidazole rings is 4. The number of halogens is 3. The Morgan fingerprint density at radius 1 is 0.321 bits per heavy atom. The summed E-state index contributed by atoms with van der Waals surface area (Å²) in [5.41, 5.74) is 7.44.